The molecule has 0 bridgehead atoms. The average Bonchev–Trinajstić information content (AvgIpc) is 3.33. The first kappa shape index (κ1) is 23.9. The third kappa shape index (κ3) is 4.54. The number of halogens is 3. The van der Waals surface area contributed by atoms with Gasteiger partial charge >= 0.3 is 6.18 Å². The maximum atomic E-state index is 14.4. The first-order valence-corrected chi connectivity index (χ1v) is 11.7. The lowest BCUT2D eigenvalue weighted by molar-refractivity contribution is -0.136. The third-order valence-corrected chi connectivity index (χ3v) is 6.35. The Morgan fingerprint density at radius 3 is 2.42 bits per heavy atom. The molecule has 0 radical (unpaired) electrons. The summed E-state index contributed by atoms with van der Waals surface area (Å²) in [6, 6.07) is 20.2. The fourth-order valence-corrected chi connectivity index (χ4v) is 4.77. The summed E-state index contributed by atoms with van der Waals surface area (Å²) < 4.78 is 49.9. The van der Waals surface area contributed by atoms with Crippen LogP contribution in [0.5, 0.6) is 0 Å². The van der Waals surface area contributed by atoms with Gasteiger partial charge in [-0.3, -0.25) is 9.36 Å². The van der Waals surface area contributed by atoms with Crippen LogP contribution in [-0.2, 0) is 10.9 Å². The Labute approximate surface area is 206 Å². The highest BCUT2D eigenvalue weighted by Crippen LogP contribution is 2.38. The van der Waals surface area contributed by atoms with Crippen molar-refractivity contribution in [2.45, 2.75) is 25.1 Å². The Bertz CT molecular complexity index is 1420. The molecule has 1 atom stereocenters. The van der Waals surface area contributed by atoms with Crippen molar-refractivity contribution >= 4 is 28.4 Å². The second-order valence-electron chi connectivity index (χ2n) is 8.72. The van der Waals surface area contributed by atoms with Crippen molar-refractivity contribution in [1.29, 1.82) is 0 Å². The molecule has 0 saturated carbocycles. The van der Waals surface area contributed by atoms with Crippen molar-refractivity contribution in [3.05, 3.63) is 88.6 Å². The smallest absolute Gasteiger partial charge is 0.383 e. The molecule has 3 heterocycles. The molecule has 1 N–H and O–H groups in total. The van der Waals surface area contributed by atoms with Gasteiger partial charge in [0.25, 0.3) is 0 Å². The maximum absolute atomic E-state index is 14.4. The summed E-state index contributed by atoms with van der Waals surface area (Å²) >= 11 is 0. The second kappa shape index (κ2) is 9.66. The highest BCUT2D eigenvalue weighted by Gasteiger charge is 2.37. The monoisotopic (exact) mass is 494 g/mol. The molecule has 5 rings (SSSR count). The van der Waals surface area contributed by atoms with Crippen molar-refractivity contribution in [2.24, 2.45) is 0 Å². The molecule has 2 aromatic carbocycles. The number of fused-ring (bicyclic) bond motifs is 1. The summed E-state index contributed by atoms with van der Waals surface area (Å²) in [6.07, 6.45) is -3.14. The Morgan fingerprint density at radius 1 is 1.06 bits per heavy atom. The van der Waals surface area contributed by atoms with Gasteiger partial charge in [-0.25, -0.2) is 4.98 Å². The van der Waals surface area contributed by atoms with Crippen LogP contribution in [0.3, 0.4) is 0 Å². The molecule has 0 spiro atoms. The zero-order valence-electron chi connectivity index (χ0n) is 19.6. The van der Waals surface area contributed by atoms with E-state index in [1.807, 2.05) is 41.3 Å². The lowest BCUT2D eigenvalue weighted by Crippen LogP contribution is -2.34. The van der Waals surface area contributed by atoms with Gasteiger partial charge in [-0.1, -0.05) is 36.4 Å². The predicted molar refractivity (Wildman–Crippen MR) is 134 cm³/mol. The highest BCUT2D eigenvalue weighted by molar-refractivity contribution is 5.86. The molecular formula is C27H25F3N4O2. The van der Waals surface area contributed by atoms with E-state index >= 15 is 0 Å². The number of nitrogens with one attached hydrogen (secondary N) is 1. The van der Waals surface area contributed by atoms with Gasteiger partial charge in [0, 0.05) is 31.1 Å². The minimum atomic E-state index is -4.74. The normalized spacial score (nSPS) is 16.0. The topological polar surface area (TPSA) is 59.4 Å². The molecule has 36 heavy (non-hydrogen) atoms. The van der Waals surface area contributed by atoms with Crippen molar-refractivity contribution in [2.75, 3.05) is 30.5 Å². The molecule has 1 aliphatic heterocycles. The molecule has 1 aliphatic rings. The van der Waals surface area contributed by atoms with Gasteiger partial charge in [-0.05, 0) is 43.2 Å². The van der Waals surface area contributed by atoms with Gasteiger partial charge in [-0.15, -0.1) is 0 Å². The van der Waals surface area contributed by atoms with E-state index in [0.29, 0.717) is 30.3 Å². The average molecular weight is 495 g/mol. The van der Waals surface area contributed by atoms with Gasteiger partial charge in [-0.2, -0.15) is 13.2 Å². The second-order valence-corrected chi connectivity index (χ2v) is 8.72. The Kier molecular flexibility index (Phi) is 6.40. The molecule has 2 aromatic heterocycles. The van der Waals surface area contributed by atoms with Crippen LogP contribution in [0.15, 0.2) is 77.6 Å². The molecule has 9 heteroatoms. The van der Waals surface area contributed by atoms with Crippen molar-refractivity contribution in [3.8, 4) is 5.69 Å². The standard InChI is InChI=1S/C27H25F3N4O2/c1-36-17-20-13-8-14-33(20)23-15-21(27(28,29)30)25-22(35)16-24(31-18-9-4-2-5-10-18)34(26(25)32-23)19-11-6-3-7-12-19/h2-7,9-12,15-16,20,31H,8,13-14,17H2,1H3. The quantitative estimate of drug-likeness (QED) is 0.369. The number of rotatable bonds is 6. The molecule has 1 saturated heterocycles. The Hall–Kier alpha value is -3.85. The van der Waals surface area contributed by atoms with Gasteiger partial charge in [0.05, 0.1) is 23.6 Å². The van der Waals surface area contributed by atoms with E-state index in [4.69, 9.17) is 9.72 Å². The van der Waals surface area contributed by atoms with E-state index in [9.17, 15) is 18.0 Å². The molecule has 186 valence electrons. The van der Waals surface area contributed by atoms with E-state index in [1.54, 1.807) is 35.9 Å². The van der Waals surface area contributed by atoms with E-state index in [1.165, 1.54) is 6.07 Å². The summed E-state index contributed by atoms with van der Waals surface area (Å²) in [5.41, 5.74) is -0.537. The van der Waals surface area contributed by atoms with Crippen LogP contribution in [0.25, 0.3) is 16.7 Å². The van der Waals surface area contributed by atoms with Gasteiger partial charge in [0.15, 0.2) is 11.1 Å². The lowest BCUT2D eigenvalue weighted by atomic mass is 10.1. The van der Waals surface area contributed by atoms with Crippen LogP contribution in [-0.4, -0.2) is 35.9 Å². The number of para-hydroxylation sites is 2. The highest BCUT2D eigenvalue weighted by atomic mass is 19.4. The number of methoxy groups -OCH3 is 1. The van der Waals surface area contributed by atoms with Crippen molar-refractivity contribution in [3.63, 3.8) is 0 Å². The molecule has 0 amide bonds. The molecule has 6 nitrogen and oxygen atoms in total. The number of anilines is 3. The number of alkyl halides is 3. The zero-order valence-corrected chi connectivity index (χ0v) is 19.6. The van der Waals surface area contributed by atoms with Crippen LogP contribution in [0.1, 0.15) is 18.4 Å². The van der Waals surface area contributed by atoms with Crippen molar-refractivity contribution in [1.82, 2.24) is 9.55 Å². The Balaban J connectivity index is 1.83. The fourth-order valence-electron chi connectivity index (χ4n) is 4.77. The summed E-state index contributed by atoms with van der Waals surface area (Å²) in [7, 11) is 1.57. The minimum Gasteiger partial charge on any atom is -0.383 e. The molecule has 1 fully saturated rings. The van der Waals surface area contributed by atoms with E-state index in [-0.39, 0.29) is 17.5 Å². The molecule has 4 aromatic rings. The van der Waals surface area contributed by atoms with E-state index < -0.39 is 22.6 Å². The number of hydrogen-bond acceptors (Lipinski definition) is 5. The maximum Gasteiger partial charge on any atom is 0.417 e. The van der Waals surface area contributed by atoms with Gasteiger partial charge < -0.3 is 15.0 Å². The van der Waals surface area contributed by atoms with Gasteiger partial charge in [0.1, 0.15) is 11.6 Å². The SMILES string of the molecule is COCC1CCCN1c1cc(C(F)(F)F)c2c(=O)cc(Nc3ccccc3)n(-c3ccccc3)c2n1. The zero-order chi connectivity index (χ0) is 25.3. The Morgan fingerprint density at radius 2 is 1.75 bits per heavy atom. The molecular weight excluding hydrogens is 469 g/mol. The lowest BCUT2D eigenvalue weighted by Gasteiger charge is -2.27. The summed E-state index contributed by atoms with van der Waals surface area (Å²) in [5, 5.41) is 2.73. The van der Waals surface area contributed by atoms with E-state index in [0.717, 1.165) is 18.9 Å². The summed E-state index contributed by atoms with van der Waals surface area (Å²) in [4.78, 5) is 19.8. The first-order chi connectivity index (χ1) is 17.4. The molecule has 0 aliphatic carbocycles. The largest absolute Gasteiger partial charge is 0.417 e. The first-order valence-electron chi connectivity index (χ1n) is 11.7. The number of pyridine rings is 2. The van der Waals surface area contributed by atoms with Crippen LogP contribution >= 0.6 is 0 Å². The van der Waals surface area contributed by atoms with Crippen LogP contribution in [0.4, 0.5) is 30.5 Å². The minimum absolute atomic E-state index is 0.0555. The van der Waals surface area contributed by atoms with Crippen LogP contribution in [0.2, 0.25) is 0 Å². The summed E-state index contributed by atoms with van der Waals surface area (Å²) in [5.74, 6) is 0.493. The number of hydrogen-bond donors (Lipinski definition) is 1. The number of benzene rings is 2. The molecule has 1 unspecified atom stereocenters. The van der Waals surface area contributed by atoms with Crippen LogP contribution < -0.4 is 15.6 Å². The van der Waals surface area contributed by atoms with Gasteiger partial charge in [0.2, 0.25) is 0 Å². The van der Waals surface area contributed by atoms with Crippen molar-refractivity contribution < 1.29 is 17.9 Å². The summed E-state index contributed by atoms with van der Waals surface area (Å²) in [6.45, 7) is 0.934. The number of aromatic nitrogens is 2. The number of nitrogens with zero attached hydrogens (tertiary/aromatic N) is 3. The third-order valence-electron chi connectivity index (χ3n) is 6.35. The van der Waals surface area contributed by atoms with Crippen LogP contribution in [0, 0.1) is 0 Å². The van der Waals surface area contributed by atoms with E-state index in [2.05, 4.69) is 5.32 Å². The fraction of sp³-hybridized carbons (Fsp3) is 0.259. The predicted octanol–water partition coefficient (Wildman–Crippen LogP) is 5.76. The number of ether oxygens (including phenoxy) is 1.